The average Bonchev–Trinajstić information content (AvgIpc) is 2.69. The van der Waals surface area contributed by atoms with Gasteiger partial charge in [-0.25, -0.2) is 0 Å². The number of aliphatic carboxylic acids is 1. The predicted molar refractivity (Wildman–Crippen MR) is 79.5 cm³/mol. The van der Waals surface area contributed by atoms with Crippen molar-refractivity contribution in [2.75, 3.05) is 6.54 Å². The summed E-state index contributed by atoms with van der Waals surface area (Å²) in [4.78, 5) is 35.7. The summed E-state index contributed by atoms with van der Waals surface area (Å²) in [6.07, 6.45) is 4.85. The van der Waals surface area contributed by atoms with Crippen molar-refractivity contribution < 1.29 is 19.5 Å². The summed E-state index contributed by atoms with van der Waals surface area (Å²) >= 11 is 0. The third-order valence-electron chi connectivity index (χ3n) is 4.58. The van der Waals surface area contributed by atoms with Crippen LogP contribution in [0.4, 0.5) is 0 Å². The lowest BCUT2D eigenvalue weighted by Crippen LogP contribution is -2.42. The molecule has 0 aromatic carbocycles. The molecule has 1 N–H and O–H groups in total. The van der Waals surface area contributed by atoms with E-state index in [1.54, 1.807) is 0 Å². The third-order valence-corrected chi connectivity index (χ3v) is 4.58. The highest BCUT2D eigenvalue weighted by atomic mass is 16.4. The molecule has 0 fully saturated rings. The Bertz CT molecular complexity index is 453. The summed E-state index contributed by atoms with van der Waals surface area (Å²) in [7, 11) is 0. The lowest BCUT2D eigenvalue weighted by molar-refractivity contribution is -0.142. The molecule has 118 valence electrons. The second-order valence-electron chi connectivity index (χ2n) is 6.67. The summed E-state index contributed by atoms with van der Waals surface area (Å²) in [5.74, 6) is -1.37. The molecule has 0 bridgehead atoms. The number of carboxylic acid groups (broad SMARTS) is 1. The van der Waals surface area contributed by atoms with Crippen LogP contribution in [0.3, 0.4) is 0 Å². The normalized spacial score (nSPS) is 20.5. The molecule has 1 rings (SSSR count). The minimum Gasteiger partial charge on any atom is -0.481 e. The second kappa shape index (κ2) is 6.41. The highest BCUT2D eigenvalue weighted by Gasteiger charge is 2.38. The van der Waals surface area contributed by atoms with Crippen LogP contribution in [0.25, 0.3) is 0 Å². The van der Waals surface area contributed by atoms with E-state index in [0.717, 1.165) is 12.8 Å². The minimum absolute atomic E-state index is 0.0965. The monoisotopic (exact) mass is 295 g/mol. The zero-order chi connectivity index (χ0) is 16.3. The van der Waals surface area contributed by atoms with Gasteiger partial charge in [0.1, 0.15) is 0 Å². The molecule has 0 aliphatic carbocycles. The van der Waals surface area contributed by atoms with Crippen LogP contribution in [0, 0.1) is 10.8 Å². The van der Waals surface area contributed by atoms with Gasteiger partial charge in [0.05, 0.1) is 6.42 Å². The summed E-state index contributed by atoms with van der Waals surface area (Å²) in [5, 5.41) is 9.09. The van der Waals surface area contributed by atoms with Crippen LogP contribution in [0.15, 0.2) is 12.2 Å². The largest absolute Gasteiger partial charge is 0.481 e. The molecular formula is C16H25NO4. The molecule has 1 aliphatic heterocycles. The minimum atomic E-state index is -0.812. The highest BCUT2D eigenvalue weighted by molar-refractivity contribution is 6.12. The van der Waals surface area contributed by atoms with E-state index in [1.807, 2.05) is 27.7 Å². The van der Waals surface area contributed by atoms with Gasteiger partial charge < -0.3 is 5.11 Å². The lowest BCUT2D eigenvalue weighted by Gasteiger charge is -2.39. The molecule has 0 saturated heterocycles. The summed E-state index contributed by atoms with van der Waals surface area (Å²) in [5.41, 5.74) is -0.618. The Kier molecular flexibility index (Phi) is 5.31. The van der Waals surface area contributed by atoms with Gasteiger partial charge in [0, 0.05) is 18.7 Å². The van der Waals surface area contributed by atoms with Gasteiger partial charge in [-0.15, -0.1) is 0 Å². The molecule has 1 aliphatic rings. The zero-order valence-corrected chi connectivity index (χ0v) is 13.3. The number of carbonyl (C=O) groups is 3. The molecule has 0 aromatic rings. The van der Waals surface area contributed by atoms with Crippen LogP contribution < -0.4 is 0 Å². The first-order valence-corrected chi connectivity index (χ1v) is 7.40. The number of hydrogen-bond donors (Lipinski definition) is 1. The zero-order valence-electron chi connectivity index (χ0n) is 13.3. The quantitative estimate of drug-likeness (QED) is 0.698. The van der Waals surface area contributed by atoms with Crippen molar-refractivity contribution in [3.05, 3.63) is 12.2 Å². The van der Waals surface area contributed by atoms with Crippen molar-refractivity contribution in [2.45, 2.75) is 53.4 Å². The van der Waals surface area contributed by atoms with E-state index in [9.17, 15) is 14.4 Å². The van der Waals surface area contributed by atoms with Crippen LogP contribution in [0.2, 0.25) is 0 Å². The third kappa shape index (κ3) is 4.41. The number of hydrogen-bond acceptors (Lipinski definition) is 3. The summed E-state index contributed by atoms with van der Waals surface area (Å²) in [6.45, 7) is 8.30. The van der Waals surface area contributed by atoms with Crippen LogP contribution in [0.5, 0.6) is 0 Å². The number of rotatable bonds is 8. The van der Waals surface area contributed by atoms with Crippen LogP contribution in [-0.2, 0) is 14.4 Å². The van der Waals surface area contributed by atoms with E-state index < -0.39 is 5.97 Å². The maximum Gasteiger partial charge on any atom is 0.303 e. The lowest BCUT2D eigenvalue weighted by atomic mass is 9.68. The van der Waals surface area contributed by atoms with E-state index >= 15 is 0 Å². The van der Waals surface area contributed by atoms with Gasteiger partial charge >= 0.3 is 5.97 Å². The molecular weight excluding hydrogens is 270 g/mol. The standard InChI is InChI=1S/C16H25NO4/c1-5-15(3,9-14(20)21)10-16(4,6-2)11-17-12(18)7-8-13(17)19/h7-8H,5-6,9-11H2,1-4H3,(H,20,21). The molecule has 0 saturated carbocycles. The van der Waals surface area contributed by atoms with Crippen molar-refractivity contribution in [1.82, 2.24) is 4.90 Å². The Morgan fingerprint density at radius 1 is 1.10 bits per heavy atom. The van der Waals surface area contributed by atoms with Gasteiger partial charge in [-0.2, -0.15) is 0 Å². The van der Waals surface area contributed by atoms with E-state index in [2.05, 4.69) is 0 Å². The van der Waals surface area contributed by atoms with Gasteiger partial charge in [0.25, 0.3) is 11.8 Å². The second-order valence-corrected chi connectivity index (χ2v) is 6.67. The average molecular weight is 295 g/mol. The molecule has 21 heavy (non-hydrogen) atoms. The van der Waals surface area contributed by atoms with Crippen LogP contribution in [0.1, 0.15) is 53.4 Å². The van der Waals surface area contributed by atoms with E-state index in [0.29, 0.717) is 13.0 Å². The first-order valence-electron chi connectivity index (χ1n) is 7.40. The highest BCUT2D eigenvalue weighted by Crippen LogP contribution is 2.42. The van der Waals surface area contributed by atoms with Gasteiger partial charge in [0.15, 0.2) is 0 Å². The molecule has 0 aromatic heterocycles. The van der Waals surface area contributed by atoms with Crippen molar-refractivity contribution in [2.24, 2.45) is 10.8 Å². The first-order chi connectivity index (χ1) is 9.64. The molecule has 2 amide bonds. The molecule has 0 spiro atoms. The van der Waals surface area contributed by atoms with Gasteiger partial charge in [0.2, 0.25) is 0 Å². The Morgan fingerprint density at radius 3 is 1.95 bits per heavy atom. The van der Waals surface area contributed by atoms with Crippen LogP contribution in [-0.4, -0.2) is 34.3 Å². The Labute approximate surface area is 126 Å². The fraction of sp³-hybridized carbons (Fsp3) is 0.688. The Balaban J connectivity index is 2.86. The maximum absolute atomic E-state index is 11.7. The Hall–Kier alpha value is -1.65. The van der Waals surface area contributed by atoms with E-state index in [1.165, 1.54) is 17.1 Å². The number of imide groups is 1. The molecule has 0 radical (unpaired) electrons. The number of amides is 2. The summed E-state index contributed by atoms with van der Waals surface area (Å²) in [6, 6.07) is 0. The van der Waals surface area contributed by atoms with Gasteiger partial charge in [-0.05, 0) is 23.7 Å². The fourth-order valence-corrected chi connectivity index (χ4v) is 2.97. The number of carbonyl (C=O) groups excluding carboxylic acids is 2. The van der Waals surface area contributed by atoms with Crippen molar-refractivity contribution in [3.8, 4) is 0 Å². The van der Waals surface area contributed by atoms with E-state index in [4.69, 9.17) is 5.11 Å². The van der Waals surface area contributed by atoms with Gasteiger partial charge in [-0.1, -0.05) is 34.1 Å². The van der Waals surface area contributed by atoms with E-state index in [-0.39, 0.29) is 29.1 Å². The maximum atomic E-state index is 11.7. The molecule has 2 unspecified atom stereocenters. The molecule has 2 atom stereocenters. The topological polar surface area (TPSA) is 74.7 Å². The molecule has 5 nitrogen and oxygen atoms in total. The molecule has 5 heteroatoms. The summed E-state index contributed by atoms with van der Waals surface area (Å²) < 4.78 is 0. The van der Waals surface area contributed by atoms with Crippen LogP contribution >= 0.6 is 0 Å². The van der Waals surface area contributed by atoms with Crippen molar-refractivity contribution >= 4 is 17.8 Å². The predicted octanol–water partition coefficient (Wildman–Crippen LogP) is 2.61. The smallest absolute Gasteiger partial charge is 0.303 e. The first kappa shape index (κ1) is 17.4. The fourth-order valence-electron chi connectivity index (χ4n) is 2.97. The number of nitrogens with zero attached hydrogens (tertiary/aromatic N) is 1. The van der Waals surface area contributed by atoms with Crippen molar-refractivity contribution in [1.29, 1.82) is 0 Å². The SMILES string of the molecule is CCC(C)(CC(=O)O)CC(C)(CC)CN1C(=O)C=CC1=O. The van der Waals surface area contributed by atoms with Gasteiger partial charge in [-0.3, -0.25) is 19.3 Å². The van der Waals surface area contributed by atoms with Crippen molar-refractivity contribution in [3.63, 3.8) is 0 Å². The molecule has 1 heterocycles. The number of carboxylic acids is 1. The Morgan fingerprint density at radius 2 is 1.57 bits per heavy atom.